The molecule has 0 N–H and O–H groups in total. The predicted molar refractivity (Wildman–Crippen MR) is 130 cm³/mol. The number of hydrogen-bond donors (Lipinski definition) is 0. The summed E-state index contributed by atoms with van der Waals surface area (Å²) in [7, 11) is 0. The molecule has 3 aromatic carbocycles. The average Bonchev–Trinajstić information content (AvgIpc) is 3.39. The van der Waals surface area contributed by atoms with Gasteiger partial charge in [-0.15, -0.1) is 5.10 Å². The molecule has 7 nitrogen and oxygen atoms in total. The van der Waals surface area contributed by atoms with Crippen LogP contribution in [0.4, 0.5) is 4.79 Å². The summed E-state index contributed by atoms with van der Waals surface area (Å²) in [6.07, 6.45) is 1.49. The molecule has 34 heavy (non-hydrogen) atoms. The highest BCUT2D eigenvalue weighted by Crippen LogP contribution is 2.20. The molecule has 0 spiro atoms. The van der Waals surface area contributed by atoms with Crippen molar-refractivity contribution in [2.75, 3.05) is 26.2 Å². The molecule has 1 amide bonds. The number of aromatic nitrogens is 3. The lowest BCUT2D eigenvalue weighted by atomic mass is 10.2. The fourth-order valence-corrected chi connectivity index (χ4v) is 4.01. The predicted octanol–water partition coefficient (Wildman–Crippen LogP) is 4.31. The summed E-state index contributed by atoms with van der Waals surface area (Å²) in [5.74, 6) is 1.29. The van der Waals surface area contributed by atoms with Gasteiger partial charge >= 0.3 is 6.03 Å². The second kappa shape index (κ2) is 10.3. The fraction of sp³-hybridized carbons (Fsp3) is 0.222. The van der Waals surface area contributed by atoms with Gasteiger partial charge in [-0.05, 0) is 35.4 Å². The van der Waals surface area contributed by atoms with E-state index in [0.29, 0.717) is 25.5 Å². The van der Waals surface area contributed by atoms with E-state index in [1.165, 1.54) is 16.6 Å². The van der Waals surface area contributed by atoms with Crippen LogP contribution in [0.5, 0.6) is 5.75 Å². The number of amides is 1. The lowest BCUT2D eigenvalue weighted by Crippen LogP contribution is -2.49. The van der Waals surface area contributed by atoms with Gasteiger partial charge in [0.25, 0.3) is 0 Å². The van der Waals surface area contributed by atoms with Crippen LogP contribution in [0.2, 0.25) is 0 Å². The Balaban J connectivity index is 1.15. The van der Waals surface area contributed by atoms with Crippen molar-refractivity contribution in [2.45, 2.75) is 13.2 Å². The van der Waals surface area contributed by atoms with E-state index in [0.717, 1.165) is 36.5 Å². The molecule has 1 aliphatic rings. The maximum atomic E-state index is 12.9. The lowest BCUT2D eigenvalue weighted by molar-refractivity contribution is 0.134. The highest BCUT2D eigenvalue weighted by molar-refractivity contribution is 5.76. The van der Waals surface area contributed by atoms with Crippen LogP contribution in [0.1, 0.15) is 11.1 Å². The number of carbonyl (C=O) groups excluding carboxylic acids is 1. The van der Waals surface area contributed by atoms with Crippen molar-refractivity contribution < 1.29 is 9.53 Å². The molecule has 0 saturated carbocycles. The Morgan fingerprint density at radius 2 is 1.44 bits per heavy atom. The molecule has 2 heterocycles. The first kappa shape index (κ1) is 21.9. The highest BCUT2D eigenvalue weighted by Gasteiger charge is 2.23. The summed E-state index contributed by atoms with van der Waals surface area (Å²) in [4.78, 5) is 21.5. The number of benzene rings is 3. The number of ether oxygens (including phenoxy) is 1. The van der Waals surface area contributed by atoms with Gasteiger partial charge in [-0.2, -0.15) is 4.68 Å². The van der Waals surface area contributed by atoms with E-state index < -0.39 is 0 Å². The minimum atomic E-state index is -0.138. The van der Waals surface area contributed by atoms with Crippen molar-refractivity contribution in [3.8, 4) is 17.1 Å². The molecule has 1 saturated heterocycles. The van der Waals surface area contributed by atoms with Gasteiger partial charge in [0.1, 0.15) is 18.7 Å². The average molecular weight is 454 g/mol. The number of hydrogen-bond acceptors (Lipinski definition) is 5. The Labute approximate surface area is 199 Å². The van der Waals surface area contributed by atoms with Gasteiger partial charge in [0.05, 0.1) is 0 Å². The van der Waals surface area contributed by atoms with Gasteiger partial charge in [-0.25, -0.2) is 9.78 Å². The quantitative estimate of drug-likeness (QED) is 0.435. The normalized spacial score (nSPS) is 14.2. The first-order valence-electron chi connectivity index (χ1n) is 11.5. The SMILES string of the molecule is O=C(N1CCN(Cc2ccccc2)CC1)n1cnc(-c2ccc(OCc3ccccc3)cc2)n1. The van der Waals surface area contributed by atoms with Gasteiger partial charge in [0.15, 0.2) is 5.82 Å². The molecule has 1 aromatic heterocycles. The van der Waals surface area contributed by atoms with E-state index in [2.05, 4.69) is 39.2 Å². The van der Waals surface area contributed by atoms with Crippen LogP contribution in [0.25, 0.3) is 11.4 Å². The van der Waals surface area contributed by atoms with Crippen LogP contribution in [-0.4, -0.2) is 56.8 Å². The summed E-state index contributed by atoms with van der Waals surface area (Å²) in [6.45, 7) is 4.45. The van der Waals surface area contributed by atoms with Crippen LogP contribution in [-0.2, 0) is 13.2 Å². The minimum Gasteiger partial charge on any atom is -0.489 e. The number of carbonyl (C=O) groups is 1. The van der Waals surface area contributed by atoms with Crippen molar-refractivity contribution in [1.29, 1.82) is 0 Å². The van der Waals surface area contributed by atoms with Crippen LogP contribution < -0.4 is 4.74 Å². The van der Waals surface area contributed by atoms with Gasteiger partial charge in [-0.1, -0.05) is 60.7 Å². The van der Waals surface area contributed by atoms with Crippen LogP contribution in [0, 0.1) is 0 Å². The first-order valence-corrected chi connectivity index (χ1v) is 11.5. The van der Waals surface area contributed by atoms with Crippen molar-refractivity contribution in [2.24, 2.45) is 0 Å². The summed E-state index contributed by atoms with van der Waals surface area (Å²) < 4.78 is 7.18. The van der Waals surface area contributed by atoms with Crippen molar-refractivity contribution >= 4 is 6.03 Å². The molecule has 5 rings (SSSR count). The molecule has 1 fully saturated rings. The Kier molecular flexibility index (Phi) is 6.63. The number of nitrogens with zero attached hydrogens (tertiary/aromatic N) is 5. The van der Waals surface area contributed by atoms with E-state index in [-0.39, 0.29) is 6.03 Å². The smallest absolute Gasteiger partial charge is 0.346 e. The van der Waals surface area contributed by atoms with Crippen molar-refractivity contribution in [3.05, 3.63) is 102 Å². The molecular formula is C27H27N5O2. The van der Waals surface area contributed by atoms with Crippen LogP contribution >= 0.6 is 0 Å². The van der Waals surface area contributed by atoms with Gasteiger partial charge in [0, 0.05) is 38.3 Å². The second-order valence-corrected chi connectivity index (χ2v) is 8.34. The van der Waals surface area contributed by atoms with Gasteiger partial charge < -0.3 is 9.64 Å². The zero-order valence-corrected chi connectivity index (χ0v) is 19.0. The lowest BCUT2D eigenvalue weighted by Gasteiger charge is -2.34. The van der Waals surface area contributed by atoms with Crippen molar-refractivity contribution in [3.63, 3.8) is 0 Å². The Bertz CT molecular complexity index is 1200. The summed E-state index contributed by atoms with van der Waals surface area (Å²) in [6, 6.07) is 27.9. The van der Waals surface area contributed by atoms with E-state index >= 15 is 0 Å². The molecule has 7 heteroatoms. The van der Waals surface area contributed by atoms with Crippen LogP contribution in [0.3, 0.4) is 0 Å². The third-order valence-corrected chi connectivity index (χ3v) is 5.94. The van der Waals surface area contributed by atoms with E-state index in [1.807, 2.05) is 65.6 Å². The summed E-state index contributed by atoms with van der Waals surface area (Å²) in [5, 5.41) is 4.43. The zero-order valence-electron chi connectivity index (χ0n) is 19.0. The van der Waals surface area contributed by atoms with Gasteiger partial charge in [-0.3, -0.25) is 4.90 Å². The van der Waals surface area contributed by atoms with Crippen molar-refractivity contribution in [1.82, 2.24) is 24.6 Å². The Hall–Kier alpha value is -3.97. The standard InChI is InChI=1S/C27H27N5O2/c33-27(31-17-15-30(16-18-31)19-22-7-3-1-4-8-22)32-21-28-26(29-32)24-11-13-25(14-12-24)34-20-23-9-5-2-6-10-23/h1-14,21H,15-20H2. The molecule has 0 atom stereocenters. The number of rotatable bonds is 6. The maximum absolute atomic E-state index is 12.9. The molecule has 1 aliphatic heterocycles. The third-order valence-electron chi connectivity index (χ3n) is 5.94. The molecule has 0 bridgehead atoms. The molecule has 0 aliphatic carbocycles. The third kappa shape index (κ3) is 5.32. The number of piperazine rings is 1. The molecular weight excluding hydrogens is 426 g/mol. The largest absolute Gasteiger partial charge is 0.489 e. The Morgan fingerprint density at radius 1 is 0.794 bits per heavy atom. The Morgan fingerprint density at radius 3 is 2.12 bits per heavy atom. The summed E-state index contributed by atoms with van der Waals surface area (Å²) >= 11 is 0. The van der Waals surface area contributed by atoms with E-state index in [1.54, 1.807) is 0 Å². The van der Waals surface area contributed by atoms with Crippen LogP contribution in [0.15, 0.2) is 91.3 Å². The van der Waals surface area contributed by atoms with E-state index in [9.17, 15) is 4.79 Å². The molecule has 172 valence electrons. The zero-order chi connectivity index (χ0) is 23.2. The fourth-order valence-electron chi connectivity index (χ4n) is 4.01. The molecule has 0 radical (unpaired) electrons. The molecule has 0 unspecified atom stereocenters. The summed E-state index contributed by atoms with van der Waals surface area (Å²) in [5.41, 5.74) is 3.25. The second-order valence-electron chi connectivity index (χ2n) is 8.34. The minimum absolute atomic E-state index is 0.138. The molecule has 4 aromatic rings. The van der Waals surface area contributed by atoms with Gasteiger partial charge in [0.2, 0.25) is 0 Å². The first-order chi connectivity index (χ1) is 16.7. The van der Waals surface area contributed by atoms with E-state index in [4.69, 9.17) is 4.74 Å². The maximum Gasteiger partial charge on any atom is 0.346 e. The monoisotopic (exact) mass is 453 g/mol. The topological polar surface area (TPSA) is 63.5 Å². The highest BCUT2D eigenvalue weighted by atomic mass is 16.5.